The van der Waals surface area contributed by atoms with Crippen molar-refractivity contribution < 1.29 is 5.11 Å². The molecule has 0 saturated carbocycles. The minimum Gasteiger partial charge on any atom is -0.508 e. The molecular weight excluding hydrogens is 208 g/mol. The molecule has 1 aromatic carbocycles. The average molecular weight is 222 g/mol. The second-order valence-corrected chi connectivity index (χ2v) is 4.33. The Kier molecular flexibility index (Phi) is 2.77. The molecule has 0 radical (unpaired) electrons. The van der Waals surface area contributed by atoms with Crippen molar-refractivity contribution in [1.29, 1.82) is 0 Å². The van der Waals surface area contributed by atoms with Crippen LogP contribution in [0.15, 0.2) is 18.2 Å². The lowest BCUT2D eigenvalue weighted by atomic mass is 10.3. The molecule has 0 aliphatic heterocycles. The summed E-state index contributed by atoms with van der Waals surface area (Å²) in [5.74, 6) is 0.303. The zero-order valence-electron chi connectivity index (χ0n) is 8.90. The molecule has 15 heavy (non-hydrogen) atoms. The Morgan fingerprint density at radius 2 is 2.07 bits per heavy atom. The first-order valence-corrected chi connectivity index (χ1v) is 5.90. The summed E-state index contributed by atoms with van der Waals surface area (Å²) in [4.78, 5) is 6.74. The van der Waals surface area contributed by atoms with Gasteiger partial charge in [0.05, 0.1) is 10.2 Å². The highest BCUT2D eigenvalue weighted by Crippen LogP contribution is 2.30. The Morgan fingerprint density at radius 3 is 2.73 bits per heavy atom. The van der Waals surface area contributed by atoms with Gasteiger partial charge in [-0.2, -0.15) is 0 Å². The molecule has 80 valence electrons. The summed E-state index contributed by atoms with van der Waals surface area (Å²) in [6, 6.07) is 5.29. The molecule has 2 aromatic rings. The number of phenolic OH excluding ortho intramolecular Hbond substituents is 1. The van der Waals surface area contributed by atoms with E-state index in [-0.39, 0.29) is 0 Å². The maximum atomic E-state index is 9.36. The van der Waals surface area contributed by atoms with Crippen LogP contribution in [0.2, 0.25) is 0 Å². The number of hydrogen-bond acceptors (Lipinski definition) is 4. The molecule has 0 unspecified atom stereocenters. The number of thiazole rings is 1. The van der Waals surface area contributed by atoms with Crippen molar-refractivity contribution in [2.75, 3.05) is 18.0 Å². The predicted molar refractivity (Wildman–Crippen MR) is 64.8 cm³/mol. The van der Waals surface area contributed by atoms with Gasteiger partial charge in [0.15, 0.2) is 5.13 Å². The molecule has 1 heterocycles. The molecule has 0 atom stereocenters. The van der Waals surface area contributed by atoms with E-state index in [1.807, 2.05) is 6.07 Å². The quantitative estimate of drug-likeness (QED) is 0.867. The molecule has 3 nitrogen and oxygen atoms in total. The van der Waals surface area contributed by atoms with Crippen molar-refractivity contribution in [3.63, 3.8) is 0 Å². The van der Waals surface area contributed by atoms with Crippen molar-refractivity contribution in [1.82, 2.24) is 4.98 Å². The molecule has 0 aliphatic carbocycles. The molecule has 0 amide bonds. The van der Waals surface area contributed by atoms with Crippen LogP contribution in [0, 0.1) is 0 Å². The average Bonchev–Trinajstić information content (AvgIpc) is 2.62. The molecule has 1 N–H and O–H groups in total. The van der Waals surface area contributed by atoms with E-state index in [9.17, 15) is 5.11 Å². The van der Waals surface area contributed by atoms with E-state index in [1.165, 1.54) is 0 Å². The van der Waals surface area contributed by atoms with Crippen LogP contribution in [0.25, 0.3) is 10.2 Å². The number of phenols is 1. The monoisotopic (exact) mass is 222 g/mol. The van der Waals surface area contributed by atoms with E-state index in [0.717, 1.165) is 28.4 Å². The number of anilines is 1. The Morgan fingerprint density at radius 1 is 1.33 bits per heavy atom. The van der Waals surface area contributed by atoms with Gasteiger partial charge >= 0.3 is 0 Å². The smallest absolute Gasteiger partial charge is 0.186 e. The standard InChI is InChI=1S/C11H14N2OS/c1-3-13(4-2)11-12-9-6-5-8(14)7-10(9)15-11/h5-7,14H,3-4H2,1-2H3. The summed E-state index contributed by atoms with van der Waals surface area (Å²) in [6.45, 7) is 6.16. The van der Waals surface area contributed by atoms with Gasteiger partial charge < -0.3 is 10.0 Å². The van der Waals surface area contributed by atoms with Gasteiger partial charge in [-0.1, -0.05) is 11.3 Å². The van der Waals surface area contributed by atoms with Gasteiger partial charge in [-0.25, -0.2) is 4.98 Å². The molecule has 0 spiro atoms. The maximum absolute atomic E-state index is 9.36. The lowest BCUT2D eigenvalue weighted by molar-refractivity contribution is 0.476. The zero-order chi connectivity index (χ0) is 10.8. The zero-order valence-corrected chi connectivity index (χ0v) is 9.71. The van der Waals surface area contributed by atoms with E-state index in [2.05, 4.69) is 23.7 Å². The molecule has 0 aliphatic rings. The van der Waals surface area contributed by atoms with Crippen LogP contribution < -0.4 is 4.90 Å². The molecule has 0 bridgehead atoms. The lowest BCUT2D eigenvalue weighted by Crippen LogP contribution is -2.21. The summed E-state index contributed by atoms with van der Waals surface area (Å²) >= 11 is 1.62. The third kappa shape index (κ3) is 1.90. The number of hydrogen-bond donors (Lipinski definition) is 1. The van der Waals surface area contributed by atoms with Gasteiger partial charge in [-0.15, -0.1) is 0 Å². The Bertz CT molecular complexity index is 463. The van der Waals surface area contributed by atoms with Crippen molar-refractivity contribution in [2.45, 2.75) is 13.8 Å². The van der Waals surface area contributed by atoms with Crippen LogP contribution in [-0.2, 0) is 0 Å². The number of benzene rings is 1. The summed E-state index contributed by atoms with van der Waals surface area (Å²) < 4.78 is 1.04. The van der Waals surface area contributed by atoms with Crippen LogP contribution in [0.5, 0.6) is 5.75 Å². The van der Waals surface area contributed by atoms with Crippen molar-refractivity contribution in [3.8, 4) is 5.75 Å². The van der Waals surface area contributed by atoms with Gasteiger partial charge in [0, 0.05) is 13.1 Å². The Labute approximate surface area is 93.0 Å². The first kappa shape index (κ1) is 10.2. The van der Waals surface area contributed by atoms with Gasteiger partial charge in [0.25, 0.3) is 0 Å². The second-order valence-electron chi connectivity index (χ2n) is 3.32. The summed E-state index contributed by atoms with van der Waals surface area (Å²) in [5, 5.41) is 10.4. The SMILES string of the molecule is CCN(CC)c1nc2ccc(O)cc2s1. The molecule has 1 aromatic heterocycles. The van der Waals surface area contributed by atoms with Crippen LogP contribution >= 0.6 is 11.3 Å². The minimum absolute atomic E-state index is 0.303. The fraction of sp³-hybridized carbons (Fsp3) is 0.364. The molecule has 0 fully saturated rings. The van der Waals surface area contributed by atoms with Crippen LogP contribution in [0.1, 0.15) is 13.8 Å². The highest BCUT2D eigenvalue weighted by molar-refractivity contribution is 7.22. The molecular formula is C11H14N2OS. The number of fused-ring (bicyclic) bond motifs is 1. The summed E-state index contributed by atoms with van der Waals surface area (Å²) in [7, 11) is 0. The van der Waals surface area contributed by atoms with Crippen LogP contribution in [-0.4, -0.2) is 23.2 Å². The second kappa shape index (κ2) is 4.06. The summed E-state index contributed by atoms with van der Waals surface area (Å²) in [5.41, 5.74) is 0.958. The lowest BCUT2D eigenvalue weighted by Gasteiger charge is -2.16. The molecule has 4 heteroatoms. The Hall–Kier alpha value is -1.29. The summed E-state index contributed by atoms with van der Waals surface area (Å²) in [6.07, 6.45) is 0. The third-order valence-electron chi connectivity index (χ3n) is 2.39. The van der Waals surface area contributed by atoms with Gasteiger partial charge in [-0.3, -0.25) is 0 Å². The molecule has 0 saturated heterocycles. The van der Waals surface area contributed by atoms with Crippen molar-refractivity contribution >= 4 is 26.7 Å². The normalized spacial score (nSPS) is 10.8. The number of nitrogens with zero attached hydrogens (tertiary/aromatic N) is 2. The van der Waals surface area contributed by atoms with Crippen molar-refractivity contribution in [2.24, 2.45) is 0 Å². The van der Waals surface area contributed by atoms with Crippen molar-refractivity contribution in [3.05, 3.63) is 18.2 Å². The van der Waals surface area contributed by atoms with Gasteiger partial charge in [-0.05, 0) is 32.0 Å². The fourth-order valence-corrected chi connectivity index (χ4v) is 2.66. The van der Waals surface area contributed by atoms with E-state index >= 15 is 0 Å². The largest absolute Gasteiger partial charge is 0.508 e. The predicted octanol–water partition coefficient (Wildman–Crippen LogP) is 2.85. The van der Waals surface area contributed by atoms with Crippen LogP contribution in [0.3, 0.4) is 0 Å². The minimum atomic E-state index is 0.303. The van der Waals surface area contributed by atoms with Gasteiger partial charge in [0.1, 0.15) is 5.75 Å². The maximum Gasteiger partial charge on any atom is 0.186 e. The fourth-order valence-electron chi connectivity index (χ4n) is 1.53. The number of aromatic hydroxyl groups is 1. The first-order valence-electron chi connectivity index (χ1n) is 5.09. The molecule has 2 rings (SSSR count). The number of rotatable bonds is 3. The highest BCUT2D eigenvalue weighted by Gasteiger charge is 2.08. The third-order valence-corrected chi connectivity index (χ3v) is 3.47. The van der Waals surface area contributed by atoms with E-state index in [0.29, 0.717) is 5.75 Å². The van der Waals surface area contributed by atoms with Crippen LogP contribution in [0.4, 0.5) is 5.13 Å². The first-order chi connectivity index (χ1) is 7.24. The van der Waals surface area contributed by atoms with E-state index < -0.39 is 0 Å². The highest BCUT2D eigenvalue weighted by atomic mass is 32.1. The van der Waals surface area contributed by atoms with E-state index in [1.54, 1.807) is 23.5 Å². The van der Waals surface area contributed by atoms with Gasteiger partial charge in [0.2, 0.25) is 0 Å². The topological polar surface area (TPSA) is 36.4 Å². The number of aromatic nitrogens is 1. The Balaban J connectivity index is 2.46. The van der Waals surface area contributed by atoms with E-state index in [4.69, 9.17) is 0 Å².